The molecule has 0 bridgehead atoms. The number of nitrogens with one attached hydrogen (secondary N) is 2. The standard InChI is InChI=1S/C34H38F3N5O3S/c1-21(35)9-24-10-25(16-38-15-24)17-39-18-30(43)29(11-23-7-5-4-6-8-23)41-33(44)27-12-26(32(36)37)13-28(14-27)34(45)42(3)19-31-40-22(2)20-46-31/h4-8,10,12-16,20-21,29-30,32,39,43H,9,11,17-19H2,1-3H3,(H,41,44)/t21?,29-,30+/m0/s1. The number of hydrogen-bond donors (Lipinski definition) is 3. The number of rotatable bonds is 15. The van der Waals surface area contributed by atoms with E-state index in [0.717, 1.165) is 34.5 Å². The molecule has 4 rings (SSSR count). The first-order valence-electron chi connectivity index (χ1n) is 14.9. The topological polar surface area (TPSA) is 107 Å². The number of aliphatic hydroxyl groups excluding tert-OH is 1. The summed E-state index contributed by atoms with van der Waals surface area (Å²) in [5, 5.41) is 19.7. The molecule has 12 heteroatoms. The van der Waals surface area contributed by atoms with E-state index in [0.29, 0.717) is 11.6 Å². The summed E-state index contributed by atoms with van der Waals surface area (Å²) in [6.45, 7) is 3.94. The van der Waals surface area contributed by atoms with Gasteiger partial charge in [0, 0.05) is 66.7 Å². The second kappa shape index (κ2) is 16.4. The number of amides is 2. The van der Waals surface area contributed by atoms with Crippen molar-refractivity contribution in [2.75, 3.05) is 13.6 Å². The third-order valence-electron chi connectivity index (χ3n) is 7.23. The molecule has 0 saturated carbocycles. The maximum absolute atomic E-state index is 13.9. The molecule has 0 fully saturated rings. The molecule has 2 heterocycles. The number of halogens is 3. The Hall–Kier alpha value is -4.13. The first-order chi connectivity index (χ1) is 22.0. The molecule has 3 N–H and O–H groups in total. The minimum Gasteiger partial charge on any atom is -0.390 e. The highest BCUT2D eigenvalue weighted by molar-refractivity contribution is 7.09. The molecule has 0 spiro atoms. The molecule has 244 valence electrons. The number of aryl methyl sites for hydroxylation is 1. The summed E-state index contributed by atoms with van der Waals surface area (Å²) in [5.74, 6) is -1.24. The van der Waals surface area contributed by atoms with Gasteiger partial charge in [0.2, 0.25) is 0 Å². The van der Waals surface area contributed by atoms with Crippen molar-refractivity contribution in [3.8, 4) is 0 Å². The summed E-state index contributed by atoms with van der Waals surface area (Å²) in [5.41, 5.74) is 2.59. The Morgan fingerprint density at radius 2 is 1.70 bits per heavy atom. The van der Waals surface area contributed by atoms with E-state index in [1.54, 1.807) is 19.4 Å². The highest BCUT2D eigenvalue weighted by Gasteiger charge is 2.25. The van der Waals surface area contributed by atoms with Crippen LogP contribution < -0.4 is 10.6 Å². The van der Waals surface area contributed by atoms with Crippen molar-refractivity contribution in [1.82, 2.24) is 25.5 Å². The van der Waals surface area contributed by atoms with Crippen LogP contribution in [-0.4, -0.2) is 63.7 Å². The average Bonchev–Trinajstić information content (AvgIpc) is 3.44. The first-order valence-corrected chi connectivity index (χ1v) is 15.8. The van der Waals surface area contributed by atoms with Gasteiger partial charge in [-0.1, -0.05) is 36.4 Å². The number of nitrogens with zero attached hydrogens (tertiary/aromatic N) is 3. The van der Waals surface area contributed by atoms with Crippen molar-refractivity contribution in [3.05, 3.63) is 116 Å². The fraction of sp³-hybridized carbons (Fsp3) is 0.353. The van der Waals surface area contributed by atoms with E-state index in [2.05, 4.69) is 20.6 Å². The Bertz CT molecular complexity index is 1600. The lowest BCUT2D eigenvalue weighted by molar-refractivity contribution is 0.0784. The molecule has 0 aliphatic rings. The zero-order valence-corrected chi connectivity index (χ0v) is 26.7. The molecule has 0 radical (unpaired) electrons. The third kappa shape index (κ3) is 10.2. The maximum Gasteiger partial charge on any atom is 0.263 e. The fourth-order valence-electron chi connectivity index (χ4n) is 4.99. The number of alkyl halides is 3. The van der Waals surface area contributed by atoms with Gasteiger partial charge in [-0.3, -0.25) is 14.6 Å². The maximum atomic E-state index is 13.9. The van der Waals surface area contributed by atoms with E-state index in [1.807, 2.05) is 48.7 Å². The van der Waals surface area contributed by atoms with Crippen molar-refractivity contribution in [2.24, 2.45) is 0 Å². The first kappa shape index (κ1) is 34.7. The van der Waals surface area contributed by atoms with Gasteiger partial charge < -0.3 is 20.6 Å². The Morgan fingerprint density at radius 1 is 0.978 bits per heavy atom. The second-order valence-electron chi connectivity index (χ2n) is 11.3. The summed E-state index contributed by atoms with van der Waals surface area (Å²) >= 11 is 1.39. The van der Waals surface area contributed by atoms with Crippen LogP contribution >= 0.6 is 11.3 Å². The average molecular weight is 654 g/mol. The summed E-state index contributed by atoms with van der Waals surface area (Å²) in [4.78, 5) is 36.6. The normalized spacial score (nSPS) is 13.3. The predicted molar refractivity (Wildman–Crippen MR) is 172 cm³/mol. The molecule has 2 aromatic carbocycles. The minimum absolute atomic E-state index is 0.0569. The number of thiazole rings is 1. The van der Waals surface area contributed by atoms with Crippen LogP contribution in [0.2, 0.25) is 0 Å². The molecule has 8 nitrogen and oxygen atoms in total. The lowest BCUT2D eigenvalue weighted by atomic mass is 9.99. The van der Waals surface area contributed by atoms with Gasteiger partial charge in [0.25, 0.3) is 18.2 Å². The van der Waals surface area contributed by atoms with Gasteiger partial charge in [0.15, 0.2) is 0 Å². The summed E-state index contributed by atoms with van der Waals surface area (Å²) in [6, 6.07) is 13.7. The lowest BCUT2D eigenvalue weighted by Crippen LogP contribution is -2.48. The summed E-state index contributed by atoms with van der Waals surface area (Å²) < 4.78 is 41.3. The van der Waals surface area contributed by atoms with Gasteiger partial charge in [-0.15, -0.1) is 11.3 Å². The highest BCUT2D eigenvalue weighted by atomic mass is 32.1. The highest BCUT2D eigenvalue weighted by Crippen LogP contribution is 2.24. The van der Waals surface area contributed by atoms with Crippen molar-refractivity contribution in [3.63, 3.8) is 0 Å². The zero-order valence-electron chi connectivity index (χ0n) is 25.9. The van der Waals surface area contributed by atoms with E-state index in [1.165, 1.54) is 29.2 Å². The number of pyridine rings is 1. The van der Waals surface area contributed by atoms with Gasteiger partial charge in [0.1, 0.15) is 11.2 Å². The Kier molecular flexibility index (Phi) is 12.4. The van der Waals surface area contributed by atoms with Gasteiger partial charge in [0.05, 0.1) is 18.7 Å². The van der Waals surface area contributed by atoms with Gasteiger partial charge in [-0.2, -0.15) is 0 Å². The zero-order chi connectivity index (χ0) is 33.2. The molecular formula is C34H38F3N5O3S. The van der Waals surface area contributed by atoms with Crippen molar-refractivity contribution < 1.29 is 27.9 Å². The van der Waals surface area contributed by atoms with E-state index < -0.39 is 42.1 Å². The number of aromatic nitrogens is 2. The number of aliphatic hydroxyl groups is 1. The lowest BCUT2D eigenvalue weighted by Gasteiger charge is -2.25. The SMILES string of the molecule is Cc1csc(CN(C)C(=O)c2cc(C(=O)N[C@@H](Cc3ccccc3)[C@H](O)CNCc3cncc(CC(C)F)c3)cc(C(F)F)c2)n1. The molecule has 2 aromatic heterocycles. The fourth-order valence-corrected chi connectivity index (χ4v) is 5.81. The molecular weight excluding hydrogens is 615 g/mol. The van der Waals surface area contributed by atoms with Crippen LogP contribution in [0.25, 0.3) is 0 Å². The van der Waals surface area contributed by atoms with Crippen LogP contribution in [0.5, 0.6) is 0 Å². The van der Waals surface area contributed by atoms with E-state index >= 15 is 0 Å². The molecule has 2 amide bonds. The summed E-state index contributed by atoms with van der Waals surface area (Å²) in [6.07, 6.45) is -1.21. The van der Waals surface area contributed by atoms with Crippen LogP contribution in [0.3, 0.4) is 0 Å². The molecule has 3 atom stereocenters. The number of carbonyl (C=O) groups excluding carboxylic acids is 2. The van der Waals surface area contributed by atoms with Gasteiger partial charge >= 0.3 is 0 Å². The Morgan fingerprint density at radius 3 is 2.37 bits per heavy atom. The Labute approximate surface area is 270 Å². The summed E-state index contributed by atoms with van der Waals surface area (Å²) in [7, 11) is 1.54. The van der Waals surface area contributed by atoms with Crippen molar-refractivity contribution in [1.29, 1.82) is 0 Å². The van der Waals surface area contributed by atoms with E-state index in [9.17, 15) is 27.9 Å². The predicted octanol–water partition coefficient (Wildman–Crippen LogP) is 5.45. The van der Waals surface area contributed by atoms with Gasteiger partial charge in [-0.05, 0) is 55.2 Å². The molecule has 0 saturated heterocycles. The van der Waals surface area contributed by atoms with Crippen LogP contribution in [0, 0.1) is 6.92 Å². The molecule has 1 unspecified atom stereocenters. The quantitative estimate of drug-likeness (QED) is 0.158. The van der Waals surface area contributed by atoms with Crippen molar-refractivity contribution >= 4 is 23.2 Å². The molecule has 46 heavy (non-hydrogen) atoms. The second-order valence-corrected chi connectivity index (χ2v) is 12.3. The monoisotopic (exact) mass is 653 g/mol. The Balaban J connectivity index is 1.50. The number of benzene rings is 2. The van der Waals surface area contributed by atoms with Crippen LogP contribution in [0.15, 0.2) is 72.4 Å². The van der Waals surface area contributed by atoms with Crippen LogP contribution in [0.4, 0.5) is 13.2 Å². The molecule has 4 aromatic rings. The largest absolute Gasteiger partial charge is 0.390 e. The smallest absolute Gasteiger partial charge is 0.263 e. The van der Waals surface area contributed by atoms with E-state index in [4.69, 9.17) is 0 Å². The van der Waals surface area contributed by atoms with Crippen molar-refractivity contribution in [2.45, 2.75) is 64.5 Å². The van der Waals surface area contributed by atoms with Gasteiger partial charge in [-0.25, -0.2) is 18.2 Å². The minimum atomic E-state index is -2.91. The number of carbonyl (C=O) groups is 2. The number of hydrogen-bond acceptors (Lipinski definition) is 7. The third-order valence-corrected chi connectivity index (χ3v) is 8.18. The molecule has 0 aliphatic heterocycles. The van der Waals surface area contributed by atoms with Crippen LogP contribution in [0.1, 0.15) is 67.0 Å². The van der Waals surface area contributed by atoms with E-state index in [-0.39, 0.29) is 37.1 Å². The molecule has 0 aliphatic carbocycles. The van der Waals surface area contributed by atoms with Crippen LogP contribution in [-0.2, 0) is 25.9 Å².